The van der Waals surface area contributed by atoms with Gasteiger partial charge in [-0.25, -0.2) is 0 Å². The van der Waals surface area contributed by atoms with Crippen molar-refractivity contribution in [3.63, 3.8) is 0 Å². The molecule has 1 aliphatic heterocycles. The van der Waals surface area contributed by atoms with Gasteiger partial charge >= 0.3 is 0 Å². The number of para-hydroxylation sites is 2. The number of ether oxygens (including phenoxy) is 1. The molecule has 6 nitrogen and oxygen atoms in total. The number of benzene rings is 1. The number of carbonyl (C=O) groups excluding carboxylic acids is 2. The fraction of sp³-hybridized carbons (Fsp3) is 0.500. The first-order chi connectivity index (χ1) is 10.3. The van der Waals surface area contributed by atoms with Gasteiger partial charge in [0.25, 0.3) is 5.91 Å². The second-order valence-electron chi connectivity index (χ2n) is 5.94. The second-order valence-corrected chi connectivity index (χ2v) is 5.94. The molecule has 1 aromatic rings. The Labute approximate surface area is 130 Å². The van der Waals surface area contributed by atoms with Crippen molar-refractivity contribution in [2.75, 3.05) is 18.0 Å². The lowest BCUT2D eigenvalue weighted by atomic mass is 10.0. The predicted octanol–water partition coefficient (Wildman–Crippen LogP) is 1.08. The smallest absolute Gasteiger partial charge is 0.270 e. The van der Waals surface area contributed by atoms with E-state index in [-0.39, 0.29) is 31.3 Å². The molecule has 22 heavy (non-hydrogen) atoms. The Morgan fingerprint density at radius 2 is 2.09 bits per heavy atom. The molecule has 0 fully saturated rings. The summed E-state index contributed by atoms with van der Waals surface area (Å²) < 4.78 is 5.72. The van der Waals surface area contributed by atoms with Crippen LogP contribution in [0.1, 0.15) is 27.2 Å². The fourth-order valence-corrected chi connectivity index (χ4v) is 2.30. The molecular weight excluding hydrogens is 284 g/mol. The number of anilines is 1. The lowest BCUT2D eigenvalue weighted by molar-refractivity contribution is -0.132. The van der Waals surface area contributed by atoms with Crippen LogP contribution in [0.25, 0.3) is 0 Å². The summed E-state index contributed by atoms with van der Waals surface area (Å²) in [7, 11) is 0. The van der Waals surface area contributed by atoms with E-state index >= 15 is 0 Å². The van der Waals surface area contributed by atoms with Crippen molar-refractivity contribution in [3.05, 3.63) is 24.3 Å². The van der Waals surface area contributed by atoms with Crippen molar-refractivity contribution >= 4 is 17.5 Å². The minimum Gasteiger partial charge on any atom is -0.476 e. The third-order valence-electron chi connectivity index (χ3n) is 3.44. The number of rotatable bonds is 5. The Hall–Kier alpha value is -2.08. The highest BCUT2D eigenvalue weighted by atomic mass is 16.5. The number of aliphatic hydroxyl groups excluding tert-OH is 1. The van der Waals surface area contributed by atoms with Crippen LogP contribution in [0.4, 0.5) is 5.69 Å². The molecule has 0 saturated carbocycles. The Bertz CT molecular complexity index is 569. The van der Waals surface area contributed by atoms with Gasteiger partial charge in [-0.05, 0) is 32.9 Å². The molecule has 2 amide bonds. The lowest BCUT2D eigenvalue weighted by Gasteiger charge is -2.38. The molecule has 120 valence electrons. The van der Waals surface area contributed by atoms with Gasteiger partial charge in [0.1, 0.15) is 5.75 Å². The Kier molecular flexibility index (Phi) is 4.71. The largest absolute Gasteiger partial charge is 0.476 e. The highest BCUT2D eigenvalue weighted by Crippen LogP contribution is 2.37. The Balaban J connectivity index is 2.09. The van der Waals surface area contributed by atoms with E-state index in [1.165, 1.54) is 0 Å². The average molecular weight is 306 g/mol. The number of aliphatic hydroxyl groups is 1. The zero-order valence-corrected chi connectivity index (χ0v) is 13.1. The van der Waals surface area contributed by atoms with E-state index < -0.39 is 11.7 Å². The standard InChI is InChI=1S/C16H22N2O4/c1-11(19)10-17-14(20)8-9-18-12-6-4-5-7-13(12)22-16(2,3)15(18)21/h4-7,11,19H,8-10H2,1-3H3,(H,17,20). The van der Waals surface area contributed by atoms with Gasteiger partial charge in [0.15, 0.2) is 5.60 Å². The van der Waals surface area contributed by atoms with Crippen LogP contribution >= 0.6 is 0 Å². The zero-order valence-electron chi connectivity index (χ0n) is 13.1. The SMILES string of the molecule is CC(O)CNC(=O)CCN1C(=O)C(C)(C)Oc2ccccc21. The first-order valence-corrected chi connectivity index (χ1v) is 7.36. The van der Waals surface area contributed by atoms with Crippen molar-refractivity contribution in [2.45, 2.75) is 38.9 Å². The van der Waals surface area contributed by atoms with Crippen LogP contribution in [0.15, 0.2) is 24.3 Å². The maximum atomic E-state index is 12.5. The molecule has 1 aliphatic rings. The minimum atomic E-state index is -0.954. The van der Waals surface area contributed by atoms with E-state index in [1.807, 2.05) is 18.2 Å². The Morgan fingerprint density at radius 1 is 1.41 bits per heavy atom. The summed E-state index contributed by atoms with van der Waals surface area (Å²) >= 11 is 0. The average Bonchev–Trinajstić information content (AvgIpc) is 2.45. The van der Waals surface area contributed by atoms with E-state index in [9.17, 15) is 9.59 Å². The quantitative estimate of drug-likeness (QED) is 0.853. The lowest BCUT2D eigenvalue weighted by Crippen LogP contribution is -2.53. The topological polar surface area (TPSA) is 78.9 Å². The maximum Gasteiger partial charge on any atom is 0.270 e. The summed E-state index contributed by atoms with van der Waals surface area (Å²) in [5.74, 6) is 0.265. The highest BCUT2D eigenvalue weighted by molar-refractivity contribution is 6.02. The molecule has 6 heteroatoms. The molecule has 1 unspecified atom stereocenters. The molecule has 0 saturated heterocycles. The third kappa shape index (κ3) is 3.57. The molecule has 0 aromatic heterocycles. The van der Waals surface area contributed by atoms with Gasteiger partial charge in [-0.1, -0.05) is 12.1 Å². The van der Waals surface area contributed by atoms with Crippen LogP contribution in [0.3, 0.4) is 0 Å². The third-order valence-corrected chi connectivity index (χ3v) is 3.44. The van der Waals surface area contributed by atoms with Crippen molar-refractivity contribution in [1.29, 1.82) is 0 Å². The number of nitrogens with zero attached hydrogens (tertiary/aromatic N) is 1. The molecule has 0 bridgehead atoms. The van der Waals surface area contributed by atoms with E-state index in [2.05, 4.69) is 5.32 Å². The molecule has 1 heterocycles. The number of hydrogen-bond acceptors (Lipinski definition) is 4. The summed E-state index contributed by atoms with van der Waals surface area (Å²) in [6.07, 6.45) is -0.420. The number of nitrogens with one attached hydrogen (secondary N) is 1. The van der Waals surface area contributed by atoms with Gasteiger partial charge in [-0.15, -0.1) is 0 Å². The van der Waals surface area contributed by atoms with Gasteiger partial charge in [-0.3, -0.25) is 9.59 Å². The predicted molar refractivity (Wildman–Crippen MR) is 82.8 cm³/mol. The second kappa shape index (κ2) is 6.36. The Morgan fingerprint density at radius 3 is 2.77 bits per heavy atom. The summed E-state index contributed by atoms with van der Waals surface area (Å²) in [5, 5.41) is 11.8. The first kappa shape index (κ1) is 16.3. The minimum absolute atomic E-state index is 0.170. The van der Waals surface area contributed by atoms with Gasteiger partial charge in [0.2, 0.25) is 5.91 Å². The van der Waals surface area contributed by atoms with Crippen LogP contribution in [0.2, 0.25) is 0 Å². The molecule has 0 aliphatic carbocycles. The monoisotopic (exact) mass is 306 g/mol. The van der Waals surface area contributed by atoms with Crippen molar-refractivity contribution in [3.8, 4) is 5.75 Å². The van der Waals surface area contributed by atoms with Gasteiger partial charge in [-0.2, -0.15) is 0 Å². The highest BCUT2D eigenvalue weighted by Gasteiger charge is 2.40. The number of carbonyl (C=O) groups is 2. The van der Waals surface area contributed by atoms with Crippen LogP contribution in [0, 0.1) is 0 Å². The van der Waals surface area contributed by atoms with Crippen LogP contribution in [-0.4, -0.2) is 41.7 Å². The number of fused-ring (bicyclic) bond motifs is 1. The van der Waals surface area contributed by atoms with E-state index in [1.54, 1.807) is 31.7 Å². The van der Waals surface area contributed by atoms with Crippen LogP contribution in [-0.2, 0) is 9.59 Å². The van der Waals surface area contributed by atoms with Crippen molar-refractivity contribution < 1.29 is 19.4 Å². The maximum absolute atomic E-state index is 12.5. The van der Waals surface area contributed by atoms with E-state index in [0.717, 1.165) is 0 Å². The van der Waals surface area contributed by atoms with Crippen molar-refractivity contribution in [1.82, 2.24) is 5.32 Å². The molecule has 0 radical (unpaired) electrons. The summed E-state index contributed by atoms with van der Waals surface area (Å²) in [6.45, 7) is 5.51. The van der Waals surface area contributed by atoms with Gasteiger partial charge in [0, 0.05) is 19.5 Å². The van der Waals surface area contributed by atoms with Crippen LogP contribution < -0.4 is 15.0 Å². The molecular formula is C16H22N2O4. The van der Waals surface area contributed by atoms with E-state index in [0.29, 0.717) is 11.4 Å². The molecule has 0 spiro atoms. The van der Waals surface area contributed by atoms with Crippen LogP contribution in [0.5, 0.6) is 5.75 Å². The number of hydrogen-bond donors (Lipinski definition) is 2. The molecule has 2 N–H and O–H groups in total. The zero-order chi connectivity index (χ0) is 16.3. The van der Waals surface area contributed by atoms with Crippen molar-refractivity contribution in [2.24, 2.45) is 0 Å². The number of amides is 2. The summed E-state index contributed by atoms with van der Waals surface area (Å²) in [5.41, 5.74) is -0.278. The fourth-order valence-electron chi connectivity index (χ4n) is 2.30. The first-order valence-electron chi connectivity index (χ1n) is 7.36. The molecule has 1 atom stereocenters. The summed E-state index contributed by atoms with van der Waals surface area (Å²) in [6, 6.07) is 7.28. The summed E-state index contributed by atoms with van der Waals surface area (Å²) in [4.78, 5) is 25.9. The van der Waals surface area contributed by atoms with E-state index in [4.69, 9.17) is 9.84 Å². The molecule has 2 rings (SSSR count). The van der Waals surface area contributed by atoms with Gasteiger partial charge in [0.05, 0.1) is 11.8 Å². The normalized spacial score (nSPS) is 17.5. The molecule has 1 aromatic carbocycles. The van der Waals surface area contributed by atoms with Gasteiger partial charge < -0.3 is 20.1 Å².